The van der Waals surface area contributed by atoms with Crippen molar-refractivity contribution in [3.8, 4) is 0 Å². The summed E-state index contributed by atoms with van der Waals surface area (Å²) in [6, 6.07) is 11.4. The molecule has 3 aliphatic rings. The van der Waals surface area contributed by atoms with Gasteiger partial charge in [-0.15, -0.1) is 5.56 Å². The summed E-state index contributed by atoms with van der Waals surface area (Å²) in [7, 11) is 0. The zero-order chi connectivity index (χ0) is 15.6. The SMILES string of the molecule is O=C(C1=CN2C(C=C1)NCC2c1cc[c-]cc1)N1CCCCC1.[U]. The Kier molecular flexibility index (Phi) is 5.86. The van der Waals surface area contributed by atoms with Crippen LogP contribution < -0.4 is 5.32 Å². The Balaban J connectivity index is 0.00000169. The first-order valence-electron chi connectivity index (χ1n) is 8.49. The number of nitrogens with zero attached hydrogens (tertiary/aromatic N) is 2. The van der Waals surface area contributed by atoms with Gasteiger partial charge in [0, 0.05) is 63.0 Å². The van der Waals surface area contributed by atoms with Gasteiger partial charge in [-0.3, -0.25) is 10.1 Å². The van der Waals surface area contributed by atoms with Gasteiger partial charge in [0.2, 0.25) is 0 Å². The molecule has 0 saturated carbocycles. The zero-order valence-corrected chi connectivity index (χ0v) is 17.9. The quantitative estimate of drug-likeness (QED) is 0.579. The fourth-order valence-electron chi connectivity index (χ4n) is 3.69. The molecule has 5 heteroatoms. The van der Waals surface area contributed by atoms with Crippen LogP contribution in [-0.2, 0) is 4.79 Å². The second-order valence-corrected chi connectivity index (χ2v) is 6.45. The molecule has 2 fully saturated rings. The molecular formula is C19H22N3OU-. The van der Waals surface area contributed by atoms with Crippen molar-refractivity contribution in [3.63, 3.8) is 0 Å². The van der Waals surface area contributed by atoms with Crippen LogP contribution >= 0.6 is 0 Å². The average molecular weight is 546 g/mol. The maximum absolute atomic E-state index is 12.7. The van der Waals surface area contributed by atoms with Gasteiger partial charge in [-0.2, -0.15) is 30.3 Å². The molecular weight excluding hydrogens is 524 g/mol. The standard InChI is InChI=1S/C19H22N3O.U/c23-19(21-11-5-2-6-12-21)16-9-10-18-20-13-17(22(18)14-16)15-7-3-1-4-8-15;/h3-4,7-10,14,17-18,20H,2,5-6,11-13H2;/q-1;. The van der Waals surface area contributed by atoms with Gasteiger partial charge in [0.05, 0.1) is 11.7 Å². The van der Waals surface area contributed by atoms with E-state index in [0.29, 0.717) is 0 Å². The summed E-state index contributed by atoms with van der Waals surface area (Å²) in [6.07, 6.45) is 9.80. The molecule has 1 aromatic carbocycles. The molecule has 2 atom stereocenters. The minimum absolute atomic E-state index is 0. The number of fused-ring (bicyclic) bond motifs is 1. The van der Waals surface area contributed by atoms with E-state index in [1.807, 2.05) is 29.3 Å². The Morgan fingerprint density at radius 1 is 1.17 bits per heavy atom. The Morgan fingerprint density at radius 3 is 2.67 bits per heavy atom. The normalized spacial score (nSPS) is 25.8. The van der Waals surface area contributed by atoms with E-state index in [9.17, 15) is 4.79 Å². The summed E-state index contributed by atoms with van der Waals surface area (Å²) in [5.74, 6) is 0.173. The van der Waals surface area contributed by atoms with E-state index in [0.717, 1.165) is 38.0 Å². The molecule has 0 bridgehead atoms. The van der Waals surface area contributed by atoms with E-state index < -0.39 is 0 Å². The van der Waals surface area contributed by atoms with Crippen LogP contribution in [0.1, 0.15) is 30.9 Å². The molecule has 1 aromatic rings. The number of carbonyl (C=O) groups is 1. The van der Waals surface area contributed by atoms with Gasteiger partial charge >= 0.3 is 0 Å². The number of likely N-dealkylation sites (tertiary alicyclic amines) is 1. The molecule has 3 aliphatic heterocycles. The Labute approximate surface area is 167 Å². The van der Waals surface area contributed by atoms with Crippen molar-refractivity contribution in [3.05, 3.63) is 59.8 Å². The third-order valence-electron chi connectivity index (χ3n) is 4.97. The van der Waals surface area contributed by atoms with Crippen molar-refractivity contribution in [2.45, 2.75) is 31.5 Å². The van der Waals surface area contributed by atoms with E-state index in [1.165, 1.54) is 12.0 Å². The number of benzene rings is 1. The van der Waals surface area contributed by atoms with Crippen molar-refractivity contribution in [2.75, 3.05) is 19.6 Å². The Morgan fingerprint density at radius 2 is 1.92 bits per heavy atom. The molecule has 2 unspecified atom stereocenters. The summed E-state index contributed by atoms with van der Waals surface area (Å²) in [5.41, 5.74) is 2.06. The first-order chi connectivity index (χ1) is 11.3. The van der Waals surface area contributed by atoms with Crippen LogP contribution in [0.15, 0.2) is 48.2 Å². The maximum Gasteiger partial charge on any atom is 0.255 e. The number of carbonyl (C=O) groups excluding carboxylic acids is 1. The van der Waals surface area contributed by atoms with Gasteiger partial charge in [0.15, 0.2) is 0 Å². The van der Waals surface area contributed by atoms with Crippen LogP contribution in [-0.4, -0.2) is 41.5 Å². The van der Waals surface area contributed by atoms with Crippen molar-refractivity contribution in [2.24, 2.45) is 0 Å². The molecule has 24 heavy (non-hydrogen) atoms. The summed E-state index contributed by atoms with van der Waals surface area (Å²) in [4.78, 5) is 17.0. The van der Waals surface area contributed by atoms with E-state index in [1.54, 1.807) is 0 Å². The fourth-order valence-corrected chi connectivity index (χ4v) is 3.69. The van der Waals surface area contributed by atoms with Crippen molar-refractivity contribution in [1.29, 1.82) is 0 Å². The van der Waals surface area contributed by atoms with Gasteiger partial charge in [-0.1, -0.05) is 0 Å². The molecule has 2 saturated heterocycles. The van der Waals surface area contributed by atoms with Crippen LogP contribution in [0.5, 0.6) is 0 Å². The summed E-state index contributed by atoms with van der Waals surface area (Å²) in [6.45, 7) is 2.67. The van der Waals surface area contributed by atoms with E-state index in [4.69, 9.17) is 0 Å². The molecule has 0 spiro atoms. The molecule has 0 radical (unpaired) electrons. The number of rotatable bonds is 2. The van der Waals surface area contributed by atoms with E-state index in [2.05, 4.69) is 34.5 Å². The van der Waals surface area contributed by atoms with Gasteiger partial charge in [-0.05, 0) is 31.4 Å². The van der Waals surface area contributed by atoms with E-state index in [-0.39, 0.29) is 49.2 Å². The molecule has 0 aliphatic carbocycles. The third kappa shape index (κ3) is 3.49. The zero-order valence-electron chi connectivity index (χ0n) is 13.7. The topological polar surface area (TPSA) is 35.6 Å². The van der Waals surface area contributed by atoms with Crippen molar-refractivity contribution < 1.29 is 35.9 Å². The molecule has 1 N–H and O–H groups in total. The first kappa shape index (κ1) is 17.8. The first-order valence-corrected chi connectivity index (χ1v) is 8.49. The minimum Gasteiger partial charge on any atom is -0.352 e. The number of hydrogen-bond donors (Lipinski definition) is 1. The molecule has 0 aromatic heterocycles. The minimum atomic E-state index is 0. The van der Waals surface area contributed by atoms with Crippen LogP contribution in [0.4, 0.5) is 0 Å². The second-order valence-electron chi connectivity index (χ2n) is 6.45. The number of amides is 1. The molecule has 4 rings (SSSR count). The predicted octanol–water partition coefficient (Wildman–Crippen LogP) is 2.23. The Bertz CT molecular complexity index is 637. The average Bonchev–Trinajstić information content (AvgIpc) is 3.05. The predicted molar refractivity (Wildman–Crippen MR) is 89.3 cm³/mol. The van der Waals surface area contributed by atoms with Crippen LogP contribution in [0.25, 0.3) is 0 Å². The molecule has 3 heterocycles. The van der Waals surface area contributed by atoms with Crippen LogP contribution in [0, 0.1) is 37.2 Å². The Hall–Kier alpha value is -1.02. The van der Waals surface area contributed by atoms with Crippen LogP contribution in [0.2, 0.25) is 0 Å². The monoisotopic (exact) mass is 546 g/mol. The van der Waals surface area contributed by atoms with E-state index >= 15 is 0 Å². The summed E-state index contributed by atoms with van der Waals surface area (Å²) >= 11 is 0. The molecule has 4 nitrogen and oxygen atoms in total. The van der Waals surface area contributed by atoms with Gasteiger partial charge in [0.1, 0.15) is 0 Å². The summed E-state index contributed by atoms with van der Waals surface area (Å²) < 4.78 is 0. The van der Waals surface area contributed by atoms with Crippen LogP contribution in [0.3, 0.4) is 0 Å². The largest absolute Gasteiger partial charge is 0.352 e. The number of piperidine rings is 1. The third-order valence-corrected chi connectivity index (χ3v) is 4.97. The molecule has 124 valence electrons. The second kappa shape index (κ2) is 7.91. The van der Waals surface area contributed by atoms with Gasteiger partial charge < -0.3 is 9.80 Å². The smallest absolute Gasteiger partial charge is 0.255 e. The number of nitrogens with one attached hydrogen (secondary N) is 1. The van der Waals surface area contributed by atoms with Crippen molar-refractivity contribution in [1.82, 2.24) is 15.1 Å². The maximum atomic E-state index is 12.7. The van der Waals surface area contributed by atoms with Gasteiger partial charge in [0.25, 0.3) is 5.91 Å². The number of hydrogen-bond acceptors (Lipinski definition) is 3. The summed E-state index contributed by atoms with van der Waals surface area (Å²) in [5, 5.41) is 3.51. The molecule has 1 amide bonds. The van der Waals surface area contributed by atoms with Gasteiger partial charge in [-0.25, -0.2) is 0 Å². The van der Waals surface area contributed by atoms with Crippen molar-refractivity contribution >= 4 is 5.91 Å². The fraction of sp³-hybridized carbons (Fsp3) is 0.421.